The average molecular weight is 418 g/mol. The standard InChI is InChI=1S/C21H18BrClO2/c1-25-16-6-7-17-14(10-16)12-21(9-8-18(24)20(22)19(17)21)11-13-2-4-15(23)5-3-13/h2-7,10H,8-9,11-12H2,1H3. The topological polar surface area (TPSA) is 26.3 Å². The van der Waals surface area contributed by atoms with E-state index >= 15 is 0 Å². The molecule has 2 aromatic rings. The van der Waals surface area contributed by atoms with Crippen LogP contribution in [0.1, 0.15) is 29.5 Å². The number of halogens is 2. The highest BCUT2D eigenvalue weighted by Crippen LogP contribution is 2.56. The van der Waals surface area contributed by atoms with Gasteiger partial charge in [0.25, 0.3) is 0 Å². The van der Waals surface area contributed by atoms with Crippen LogP contribution in [0.3, 0.4) is 0 Å². The van der Waals surface area contributed by atoms with Crippen LogP contribution in [-0.4, -0.2) is 12.9 Å². The molecule has 0 saturated carbocycles. The van der Waals surface area contributed by atoms with Gasteiger partial charge in [-0.1, -0.05) is 29.8 Å². The van der Waals surface area contributed by atoms with Crippen LogP contribution in [0.5, 0.6) is 5.75 Å². The van der Waals surface area contributed by atoms with E-state index in [4.69, 9.17) is 16.3 Å². The molecule has 1 atom stereocenters. The summed E-state index contributed by atoms with van der Waals surface area (Å²) in [5.41, 5.74) is 4.80. The summed E-state index contributed by atoms with van der Waals surface area (Å²) in [6.45, 7) is 0. The molecule has 25 heavy (non-hydrogen) atoms. The molecule has 0 bridgehead atoms. The second-order valence-corrected chi connectivity index (χ2v) is 8.13. The number of ether oxygens (including phenoxy) is 1. The number of allylic oxidation sites excluding steroid dienone is 2. The number of Topliss-reactive ketones (excluding diaryl/α,β-unsaturated/α-hetero) is 1. The van der Waals surface area contributed by atoms with E-state index < -0.39 is 0 Å². The van der Waals surface area contributed by atoms with E-state index in [1.165, 1.54) is 16.7 Å². The first-order valence-corrected chi connectivity index (χ1v) is 9.55. The third kappa shape index (κ3) is 2.84. The number of carbonyl (C=O) groups excluding carboxylic acids is 1. The summed E-state index contributed by atoms with van der Waals surface area (Å²) in [6, 6.07) is 14.2. The number of benzene rings is 2. The van der Waals surface area contributed by atoms with Gasteiger partial charge in [0.05, 0.1) is 11.6 Å². The quantitative estimate of drug-likeness (QED) is 0.649. The van der Waals surface area contributed by atoms with Gasteiger partial charge in [0.15, 0.2) is 5.78 Å². The van der Waals surface area contributed by atoms with Crippen molar-refractivity contribution in [1.82, 2.24) is 0 Å². The number of hydrogen-bond acceptors (Lipinski definition) is 2. The number of rotatable bonds is 3. The minimum absolute atomic E-state index is 0.0464. The van der Waals surface area contributed by atoms with Gasteiger partial charge in [-0.05, 0) is 81.7 Å². The lowest BCUT2D eigenvalue weighted by Gasteiger charge is -2.35. The molecule has 1 unspecified atom stereocenters. The van der Waals surface area contributed by atoms with E-state index in [-0.39, 0.29) is 11.2 Å². The van der Waals surface area contributed by atoms with Crippen molar-refractivity contribution in [3.05, 3.63) is 68.7 Å². The zero-order chi connectivity index (χ0) is 17.6. The summed E-state index contributed by atoms with van der Waals surface area (Å²) in [6.07, 6.45) is 3.29. The van der Waals surface area contributed by atoms with E-state index in [1.807, 2.05) is 18.2 Å². The molecular weight excluding hydrogens is 400 g/mol. The molecule has 128 valence electrons. The Labute approximate surface area is 161 Å². The monoisotopic (exact) mass is 416 g/mol. The molecule has 0 aliphatic heterocycles. The first-order valence-electron chi connectivity index (χ1n) is 8.38. The predicted molar refractivity (Wildman–Crippen MR) is 104 cm³/mol. The Balaban J connectivity index is 1.83. The fourth-order valence-electron chi connectivity index (χ4n) is 4.22. The molecule has 0 amide bonds. The number of methoxy groups -OCH3 is 1. The maximum atomic E-state index is 12.4. The van der Waals surface area contributed by atoms with Gasteiger partial charge in [-0.2, -0.15) is 0 Å². The molecule has 2 aromatic carbocycles. The van der Waals surface area contributed by atoms with Crippen molar-refractivity contribution in [3.8, 4) is 5.75 Å². The largest absolute Gasteiger partial charge is 0.497 e. The Morgan fingerprint density at radius 1 is 1.20 bits per heavy atom. The van der Waals surface area contributed by atoms with E-state index in [0.29, 0.717) is 6.42 Å². The molecule has 0 saturated heterocycles. The molecule has 0 fully saturated rings. The highest BCUT2D eigenvalue weighted by Gasteiger charge is 2.46. The molecule has 2 aliphatic rings. The summed E-state index contributed by atoms with van der Waals surface area (Å²) in [5, 5.41) is 0.747. The van der Waals surface area contributed by atoms with Gasteiger partial charge >= 0.3 is 0 Å². The summed E-state index contributed by atoms with van der Waals surface area (Å²) in [5.74, 6) is 1.06. The van der Waals surface area contributed by atoms with Crippen LogP contribution < -0.4 is 4.74 Å². The maximum absolute atomic E-state index is 12.4. The lowest BCUT2D eigenvalue weighted by molar-refractivity contribution is -0.115. The first kappa shape index (κ1) is 16.9. The number of fused-ring (bicyclic) bond motifs is 3. The van der Waals surface area contributed by atoms with Gasteiger partial charge in [-0.25, -0.2) is 0 Å². The summed E-state index contributed by atoms with van der Waals surface area (Å²) >= 11 is 9.64. The minimum Gasteiger partial charge on any atom is -0.497 e. The van der Waals surface area contributed by atoms with Gasteiger partial charge in [-0.3, -0.25) is 4.79 Å². The molecule has 0 N–H and O–H groups in total. The Bertz CT molecular complexity index is 885. The third-order valence-corrected chi connectivity index (χ3v) is 6.48. The normalized spacial score (nSPS) is 22.0. The lowest BCUT2D eigenvalue weighted by Crippen LogP contribution is -2.29. The number of carbonyl (C=O) groups is 1. The van der Waals surface area contributed by atoms with Gasteiger partial charge < -0.3 is 4.74 Å². The van der Waals surface area contributed by atoms with Crippen molar-refractivity contribution in [2.24, 2.45) is 5.41 Å². The van der Waals surface area contributed by atoms with Gasteiger partial charge in [0.2, 0.25) is 0 Å². The highest BCUT2D eigenvalue weighted by atomic mass is 79.9. The fourth-order valence-corrected chi connectivity index (χ4v) is 5.18. The zero-order valence-electron chi connectivity index (χ0n) is 13.9. The second kappa shape index (κ2) is 6.30. The summed E-state index contributed by atoms with van der Waals surface area (Å²) in [4.78, 5) is 12.4. The zero-order valence-corrected chi connectivity index (χ0v) is 16.3. The smallest absolute Gasteiger partial charge is 0.170 e. The van der Waals surface area contributed by atoms with Crippen molar-refractivity contribution >= 4 is 38.9 Å². The lowest BCUT2D eigenvalue weighted by atomic mass is 9.69. The van der Waals surface area contributed by atoms with Crippen molar-refractivity contribution in [2.75, 3.05) is 7.11 Å². The Kier molecular flexibility index (Phi) is 4.25. The van der Waals surface area contributed by atoms with Crippen LogP contribution >= 0.6 is 27.5 Å². The fraction of sp³-hybridized carbons (Fsp3) is 0.286. The first-order chi connectivity index (χ1) is 12.0. The number of ketones is 1. The molecule has 2 nitrogen and oxygen atoms in total. The van der Waals surface area contributed by atoms with Crippen LogP contribution in [-0.2, 0) is 17.6 Å². The average Bonchev–Trinajstić information content (AvgIpc) is 2.94. The summed E-state index contributed by atoms with van der Waals surface area (Å²) in [7, 11) is 1.69. The van der Waals surface area contributed by atoms with Gasteiger partial charge in [0.1, 0.15) is 5.75 Å². The second-order valence-electron chi connectivity index (χ2n) is 6.90. The van der Waals surface area contributed by atoms with Crippen LogP contribution in [0.2, 0.25) is 5.02 Å². The number of hydrogen-bond donors (Lipinski definition) is 0. The molecule has 4 rings (SSSR count). The van der Waals surface area contributed by atoms with Gasteiger partial charge in [-0.15, -0.1) is 0 Å². The van der Waals surface area contributed by atoms with E-state index in [0.717, 1.165) is 40.1 Å². The Morgan fingerprint density at radius 3 is 2.68 bits per heavy atom. The van der Waals surface area contributed by atoms with Crippen LogP contribution in [0.25, 0.3) is 5.57 Å². The van der Waals surface area contributed by atoms with Crippen molar-refractivity contribution in [2.45, 2.75) is 25.7 Å². The van der Waals surface area contributed by atoms with E-state index in [1.54, 1.807) is 7.11 Å². The summed E-state index contributed by atoms with van der Waals surface area (Å²) < 4.78 is 6.14. The molecule has 0 radical (unpaired) electrons. The SMILES string of the molecule is COc1ccc2c(c1)CC1(Cc3ccc(Cl)cc3)CCC(=O)C(Br)=C21. The molecule has 4 heteroatoms. The van der Waals surface area contributed by atoms with Crippen LogP contribution in [0.4, 0.5) is 0 Å². The molecule has 0 spiro atoms. The molecule has 0 heterocycles. The molecule has 2 aliphatic carbocycles. The predicted octanol–water partition coefficient (Wildman–Crippen LogP) is 5.60. The minimum atomic E-state index is -0.0464. The molecular formula is C21H18BrClO2. The van der Waals surface area contributed by atoms with Crippen molar-refractivity contribution < 1.29 is 9.53 Å². The molecule has 0 aromatic heterocycles. The third-order valence-electron chi connectivity index (χ3n) is 5.39. The van der Waals surface area contributed by atoms with Crippen molar-refractivity contribution in [1.29, 1.82) is 0 Å². The Hall–Kier alpha value is -1.58. The maximum Gasteiger partial charge on any atom is 0.170 e. The van der Waals surface area contributed by atoms with Crippen LogP contribution in [0.15, 0.2) is 46.9 Å². The van der Waals surface area contributed by atoms with E-state index in [9.17, 15) is 4.79 Å². The highest BCUT2D eigenvalue weighted by molar-refractivity contribution is 9.12. The van der Waals surface area contributed by atoms with Crippen LogP contribution in [0, 0.1) is 5.41 Å². The Morgan fingerprint density at radius 2 is 1.96 bits per heavy atom. The van der Waals surface area contributed by atoms with Crippen molar-refractivity contribution in [3.63, 3.8) is 0 Å². The van der Waals surface area contributed by atoms with Gasteiger partial charge in [0, 0.05) is 16.9 Å². The van der Waals surface area contributed by atoms with E-state index in [2.05, 4.69) is 40.2 Å².